The van der Waals surface area contributed by atoms with E-state index in [1.165, 1.54) is 17.9 Å². The lowest BCUT2D eigenvalue weighted by Gasteiger charge is -2.04. The van der Waals surface area contributed by atoms with Crippen LogP contribution < -0.4 is 5.32 Å². The summed E-state index contributed by atoms with van der Waals surface area (Å²) in [5.41, 5.74) is -0.926. The molecule has 148 valence electrons. The van der Waals surface area contributed by atoms with Crippen molar-refractivity contribution in [2.45, 2.75) is 12.7 Å². The van der Waals surface area contributed by atoms with Crippen LogP contribution in [0, 0.1) is 0 Å². The number of carbonyl (C=O) groups is 1. The van der Waals surface area contributed by atoms with Crippen LogP contribution in [-0.2, 0) is 19.8 Å². The first-order chi connectivity index (χ1) is 13.1. The van der Waals surface area contributed by atoms with Gasteiger partial charge in [0.25, 0.3) is 5.91 Å². The van der Waals surface area contributed by atoms with E-state index in [0.29, 0.717) is 11.6 Å². The molecule has 1 amide bonds. The number of benzene rings is 1. The number of nitrogens with one attached hydrogen (secondary N) is 1. The van der Waals surface area contributed by atoms with Crippen LogP contribution in [0.1, 0.15) is 21.7 Å². The Balaban J connectivity index is 1.81. The second kappa shape index (κ2) is 7.65. The number of hydrogen-bond donors (Lipinski definition) is 1. The van der Waals surface area contributed by atoms with Crippen molar-refractivity contribution in [3.63, 3.8) is 0 Å². The summed E-state index contributed by atoms with van der Waals surface area (Å²) >= 11 is 17.6. The van der Waals surface area contributed by atoms with Crippen LogP contribution in [0.4, 0.5) is 19.0 Å². The van der Waals surface area contributed by atoms with Gasteiger partial charge in [0.2, 0.25) is 0 Å². The third kappa shape index (κ3) is 4.26. The fourth-order valence-corrected chi connectivity index (χ4v) is 3.11. The maximum absolute atomic E-state index is 12.9. The van der Waals surface area contributed by atoms with Crippen molar-refractivity contribution in [3.05, 3.63) is 62.5 Å². The summed E-state index contributed by atoms with van der Waals surface area (Å²) in [4.78, 5) is 12.4. The predicted octanol–water partition coefficient (Wildman–Crippen LogP) is 4.90. The molecule has 0 aliphatic rings. The average molecular weight is 453 g/mol. The monoisotopic (exact) mass is 451 g/mol. The van der Waals surface area contributed by atoms with Crippen molar-refractivity contribution < 1.29 is 18.0 Å². The molecule has 0 aliphatic heterocycles. The van der Waals surface area contributed by atoms with E-state index in [4.69, 9.17) is 34.8 Å². The van der Waals surface area contributed by atoms with Crippen molar-refractivity contribution in [1.29, 1.82) is 0 Å². The largest absolute Gasteiger partial charge is 0.436 e. The molecule has 2 heterocycles. The summed E-state index contributed by atoms with van der Waals surface area (Å²) in [6.07, 6.45) is -3.32. The van der Waals surface area contributed by atoms with E-state index in [0.717, 1.165) is 10.2 Å². The molecule has 0 saturated carbocycles. The van der Waals surface area contributed by atoms with E-state index in [1.807, 2.05) is 0 Å². The van der Waals surface area contributed by atoms with Gasteiger partial charge in [-0.15, -0.1) is 0 Å². The van der Waals surface area contributed by atoms with Crippen LogP contribution in [0.2, 0.25) is 15.1 Å². The van der Waals surface area contributed by atoms with Gasteiger partial charge in [0.1, 0.15) is 15.7 Å². The number of aromatic nitrogens is 4. The molecule has 0 spiro atoms. The SMILES string of the molecule is Cn1nc(C(F)(F)F)c(Cl)c1C(=O)Nc1nn(Cc2ccc(Cl)cc2)cc1Cl. The summed E-state index contributed by atoms with van der Waals surface area (Å²) < 4.78 is 40.9. The Labute approximate surface area is 171 Å². The highest BCUT2D eigenvalue weighted by atomic mass is 35.5. The number of aryl methyl sites for hydroxylation is 1. The lowest BCUT2D eigenvalue weighted by molar-refractivity contribution is -0.141. The van der Waals surface area contributed by atoms with Crippen molar-refractivity contribution in [3.8, 4) is 0 Å². The molecule has 2 aromatic heterocycles. The molecule has 3 aromatic rings. The van der Waals surface area contributed by atoms with Crippen LogP contribution in [-0.4, -0.2) is 25.5 Å². The lowest BCUT2D eigenvalue weighted by Crippen LogP contribution is -2.17. The van der Waals surface area contributed by atoms with Gasteiger partial charge >= 0.3 is 6.18 Å². The molecule has 0 radical (unpaired) electrons. The first-order valence-corrected chi connectivity index (χ1v) is 8.78. The van der Waals surface area contributed by atoms with Crippen LogP contribution >= 0.6 is 34.8 Å². The van der Waals surface area contributed by atoms with Gasteiger partial charge in [0, 0.05) is 18.3 Å². The highest BCUT2D eigenvalue weighted by Crippen LogP contribution is 2.35. The third-order valence-corrected chi connectivity index (χ3v) is 4.57. The summed E-state index contributed by atoms with van der Waals surface area (Å²) in [7, 11) is 1.18. The minimum absolute atomic E-state index is 0.0218. The third-order valence-electron chi connectivity index (χ3n) is 3.68. The second-order valence-corrected chi connectivity index (χ2v) is 6.96. The van der Waals surface area contributed by atoms with Gasteiger partial charge in [-0.3, -0.25) is 14.2 Å². The Morgan fingerprint density at radius 3 is 2.36 bits per heavy atom. The van der Waals surface area contributed by atoms with Crippen LogP contribution in [0.3, 0.4) is 0 Å². The van der Waals surface area contributed by atoms with Crippen molar-refractivity contribution in [2.75, 3.05) is 5.32 Å². The van der Waals surface area contributed by atoms with Crippen molar-refractivity contribution in [2.24, 2.45) is 7.05 Å². The highest BCUT2D eigenvalue weighted by molar-refractivity contribution is 6.36. The smallest absolute Gasteiger partial charge is 0.302 e. The van der Waals surface area contributed by atoms with Gasteiger partial charge in [-0.2, -0.15) is 23.4 Å². The molecule has 3 rings (SSSR count). The molecular formula is C16H11Cl3F3N5O. The van der Waals surface area contributed by atoms with Gasteiger partial charge in [0.15, 0.2) is 11.5 Å². The molecule has 0 atom stereocenters. The summed E-state index contributed by atoms with van der Waals surface area (Å²) in [6.45, 7) is 0.345. The molecule has 0 fully saturated rings. The number of amides is 1. The van der Waals surface area contributed by atoms with E-state index < -0.39 is 28.5 Å². The Hall–Kier alpha value is -2.23. The molecule has 1 aromatic carbocycles. The minimum atomic E-state index is -4.79. The molecule has 0 unspecified atom stereocenters. The van der Waals surface area contributed by atoms with Crippen molar-refractivity contribution >= 4 is 46.5 Å². The van der Waals surface area contributed by atoms with Crippen LogP contribution in [0.25, 0.3) is 0 Å². The molecular weight excluding hydrogens is 442 g/mol. The topological polar surface area (TPSA) is 64.7 Å². The molecule has 6 nitrogen and oxygen atoms in total. The Morgan fingerprint density at radius 1 is 1.14 bits per heavy atom. The number of nitrogens with zero attached hydrogens (tertiary/aromatic N) is 4. The quantitative estimate of drug-likeness (QED) is 0.613. The molecule has 0 bridgehead atoms. The zero-order valence-electron chi connectivity index (χ0n) is 14.1. The number of halogens is 6. The maximum atomic E-state index is 12.9. The van der Waals surface area contributed by atoms with Crippen LogP contribution in [0.5, 0.6) is 0 Å². The summed E-state index contributed by atoms with van der Waals surface area (Å²) in [5, 5.41) is 9.64. The standard InChI is InChI=1S/C16H11Cl3F3N5O/c1-26-12(11(19)13(24-26)16(20,21)22)15(28)23-14-10(18)7-27(25-14)6-8-2-4-9(17)5-3-8/h2-5,7H,6H2,1H3,(H,23,25,28). The van der Waals surface area contributed by atoms with Crippen LogP contribution in [0.15, 0.2) is 30.5 Å². The van der Waals surface area contributed by atoms with E-state index in [-0.39, 0.29) is 10.8 Å². The number of hydrogen-bond acceptors (Lipinski definition) is 3. The molecule has 28 heavy (non-hydrogen) atoms. The summed E-state index contributed by atoms with van der Waals surface area (Å²) in [6, 6.07) is 7.02. The first-order valence-electron chi connectivity index (χ1n) is 7.64. The van der Waals surface area contributed by atoms with Gasteiger partial charge in [-0.1, -0.05) is 46.9 Å². The molecule has 12 heteroatoms. The fourth-order valence-electron chi connectivity index (χ4n) is 2.43. The highest BCUT2D eigenvalue weighted by Gasteiger charge is 2.39. The molecule has 0 saturated heterocycles. The van der Waals surface area contributed by atoms with Gasteiger partial charge in [-0.05, 0) is 17.7 Å². The normalized spacial score (nSPS) is 11.7. The number of alkyl halides is 3. The Bertz CT molecular complexity index is 1030. The van der Waals surface area contributed by atoms with Gasteiger partial charge in [0.05, 0.1) is 6.54 Å². The van der Waals surface area contributed by atoms with Crippen molar-refractivity contribution in [1.82, 2.24) is 19.6 Å². The fraction of sp³-hybridized carbons (Fsp3) is 0.188. The number of anilines is 1. The second-order valence-electron chi connectivity index (χ2n) is 5.74. The first kappa shape index (κ1) is 20.5. The predicted molar refractivity (Wildman–Crippen MR) is 99.0 cm³/mol. The van der Waals surface area contributed by atoms with E-state index in [1.54, 1.807) is 24.3 Å². The van der Waals surface area contributed by atoms with E-state index in [9.17, 15) is 18.0 Å². The molecule has 0 aliphatic carbocycles. The zero-order chi connectivity index (χ0) is 20.6. The summed E-state index contributed by atoms with van der Waals surface area (Å²) in [5.74, 6) is -0.944. The molecule has 1 N–H and O–H groups in total. The lowest BCUT2D eigenvalue weighted by atomic mass is 10.2. The number of rotatable bonds is 4. The Kier molecular flexibility index (Phi) is 5.60. The zero-order valence-corrected chi connectivity index (χ0v) is 16.3. The van der Waals surface area contributed by atoms with E-state index >= 15 is 0 Å². The van der Waals surface area contributed by atoms with E-state index in [2.05, 4.69) is 15.5 Å². The average Bonchev–Trinajstić information content (AvgIpc) is 3.08. The van der Waals surface area contributed by atoms with Gasteiger partial charge < -0.3 is 5.32 Å². The minimum Gasteiger partial charge on any atom is -0.302 e. The maximum Gasteiger partial charge on any atom is 0.436 e. The number of carbonyl (C=O) groups excluding carboxylic acids is 1. The Morgan fingerprint density at radius 2 is 1.79 bits per heavy atom. The van der Waals surface area contributed by atoms with Gasteiger partial charge in [-0.25, -0.2) is 0 Å².